The highest BCUT2D eigenvalue weighted by Crippen LogP contribution is 2.32. The number of hydrogen-bond donors (Lipinski definition) is 1. The van der Waals surface area contributed by atoms with Gasteiger partial charge in [-0.05, 0) is 19.1 Å². The Hall–Kier alpha value is -0.840. The Bertz CT molecular complexity index is 466. The molecule has 0 aromatic heterocycles. The van der Waals surface area contributed by atoms with Gasteiger partial charge in [-0.2, -0.15) is 0 Å². The van der Waals surface area contributed by atoms with E-state index in [4.69, 9.17) is 23.2 Å². The summed E-state index contributed by atoms with van der Waals surface area (Å²) >= 11 is 11.9. The van der Waals surface area contributed by atoms with Crippen molar-refractivity contribution < 1.29 is 9.18 Å². The SMILES string of the molecule is CC(NCCC(=O)N(C)C)c1c(Cl)ccc(F)c1Cl. The largest absolute Gasteiger partial charge is 0.349 e. The fourth-order valence-electron chi connectivity index (χ4n) is 1.66. The summed E-state index contributed by atoms with van der Waals surface area (Å²) in [7, 11) is 3.40. The van der Waals surface area contributed by atoms with Gasteiger partial charge in [-0.25, -0.2) is 4.39 Å². The molecule has 106 valence electrons. The molecule has 0 fully saturated rings. The Labute approximate surface area is 122 Å². The fourth-order valence-corrected chi connectivity index (χ4v) is 2.36. The average Bonchev–Trinajstić information content (AvgIpc) is 2.34. The summed E-state index contributed by atoms with van der Waals surface area (Å²) in [6, 6.07) is 2.48. The van der Waals surface area contributed by atoms with Gasteiger partial charge >= 0.3 is 0 Å². The minimum absolute atomic E-state index is 0.0198. The van der Waals surface area contributed by atoms with Crippen molar-refractivity contribution in [2.75, 3.05) is 20.6 Å². The highest BCUT2D eigenvalue weighted by Gasteiger charge is 2.17. The van der Waals surface area contributed by atoms with Crippen LogP contribution in [0.1, 0.15) is 24.9 Å². The first-order chi connectivity index (χ1) is 8.84. The zero-order valence-corrected chi connectivity index (χ0v) is 12.6. The Morgan fingerprint density at radius 1 is 1.42 bits per heavy atom. The molecule has 1 unspecified atom stereocenters. The van der Waals surface area contributed by atoms with E-state index in [9.17, 15) is 9.18 Å². The number of amides is 1. The Morgan fingerprint density at radius 2 is 2.05 bits per heavy atom. The zero-order chi connectivity index (χ0) is 14.6. The number of hydrogen-bond acceptors (Lipinski definition) is 2. The highest BCUT2D eigenvalue weighted by atomic mass is 35.5. The van der Waals surface area contributed by atoms with E-state index in [-0.39, 0.29) is 17.0 Å². The highest BCUT2D eigenvalue weighted by molar-refractivity contribution is 6.36. The molecule has 1 aromatic rings. The third kappa shape index (κ3) is 4.34. The van der Waals surface area contributed by atoms with Crippen LogP contribution in [0.5, 0.6) is 0 Å². The van der Waals surface area contributed by atoms with E-state index in [1.807, 2.05) is 6.92 Å². The predicted octanol–water partition coefficient (Wildman–Crippen LogP) is 3.26. The standard InChI is InChI=1S/C13H17Cl2FN2O/c1-8(17-7-6-11(19)18(2)3)12-9(14)4-5-10(16)13(12)15/h4-5,8,17H,6-7H2,1-3H3. The predicted molar refractivity (Wildman–Crippen MR) is 76.1 cm³/mol. The second-order valence-corrected chi connectivity index (χ2v) is 5.26. The van der Waals surface area contributed by atoms with Gasteiger partial charge in [0.05, 0.1) is 5.02 Å². The van der Waals surface area contributed by atoms with Crippen LogP contribution >= 0.6 is 23.2 Å². The van der Waals surface area contributed by atoms with Gasteiger partial charge in [0.2, 0.25) is 5.91 Å². The number of rotatable bonds is 5. The minimum Gasteiger partial charge on any atom is -0.349 e. The van der Waals surface area contributed by atoms with Crippen LogP contribution in [0.25, 0.3) is 0 Å². The molecular formula is C13H17Cl2FN2O. The summed E-state index contributed by atoms with van der Waals surface area (Å²) in [5.41, 5.74) is 0.514. The second kappa shape index (κ2) is 7.08. The summed E-state index contributed by atoms with van der Waals surface area (Å²) in [6.07, 6.45) is 0.363. The summed E-state index contributed by atoms with van der Waals surface area (Å²) in [5, 5.41) is 3.54. The monoisotopic (exact) mass is 306 g/mol. The molecule has 1 aromatic carbocycles. The molecule has 0 aliphatic carbocycles. The number of benzene rings is 1. The van der Waals surface area contributed by atoms with E-state index in [1.165, 1.54) is 17.0 Å². The maximum atomic E-state index is 13.4. The van der Waals surface area contributed by atoms with Gasteiger partial charge < -0.3 is 10.2 Å². The molecule has 1 rings (SSSR count). The smallest absolute Gasteiger partial charge is 0.223 e. The van der Waals surface area contributed by atoms with Crippen LogP contribution in [-0.2, 0) is 4.79 Å². The number of carbonyl (C=O) groups excluding carboxylic acids is 1. The topological polar surface area (TPSA) is 32.3 Å². The first-order valence-electron chi connectivity index (χ1n) is 5.91. The number of nitrogens with one attached hydrogen (secondary N) is 1. The lowest BCUT2D eigenvalue weighted by Gasteiger charge is -2.18. The summed E-state index contributed by atoms with van der Waals surface area (Å²) in [6.45, 7) is 2.30. The lowest BCUT2D eigenvalue weighted by atomic mass is 10.1. The van der Waals surface area contributed by atoms with Crippen molar-refractivity contribution in [1.82, 2.24) is 10.2 Å². The van der Waals surface area contributed by atoms with Gasteiger partial charge in [0.25, 0.3) is 0 Å². The van der Waals surface area contributed by atoms with Crippen molar-refractivity contribution in [3.8, 4) is 0 Å². The Balaban J connectivity index is 2.66. The molecule has 0 radical (unpaired) electrons. The van der Waals surface area contributed by atoms with Crippen molar-refractivity contribution in [3.63, 3.8) is 0 Å². The third-order valence-corrected chi connectivity index (χ3v) is 3.51. The van der Waals surface area contributed by atoms with Gasteiger partial charge in [0.15, 0.2) is 0 Å². The van der Waals surface area contributed by atoms with Gasteiger partial charge in [-0.3, -0.25) is 4.79 Å². The maximum absolute atomic E-state index is 13.4. The van der Waals surface area contributed by atoms with Crippen molar-refractivity contribution in [3.05, 3.63) is 33.6 Å². The second-order valence-electron chi connectivity index (χ2n) is 4.47. The minimum atomic E-state index is -0.501. The molecule has 19 heavy (non-hydrogen) atoms. The zero-order valence-electron chi connectivity index (χ0n) is 11.1. The lowest BCUT2D eigenvalue weighted by Crippen LogP contribution is -2.28. The van der Waals surface area contributed by atoms with E-state index in [2.05, 4.69) is 5.32 Å². The van der Waals surface area contributed by atoms with Crippen molar-refractivity contribution in [2.24, 2.45) is 0 Å². The van der Waals surface area contributed by atoms with Crippen LogP contribution in [0.4, 0.5) is 4.39 Å². The van der Waals surface area contributed by atoms with Crippen LogP contribution in [0.2, 0.25) is 10.0 Å². The molecule has 0 aliphatic rings. The van der Waals surface area contributed by atoms with Crippen molar-refractivity contribution in [2.45, 2.75) is 19.4 Å². The van der Waals surface area contributed by atoms with Crippen molar-refractivity contribution >= 4 is 29.1 Å². The van der Waals surface area contributed by atoms with Gasteiger partial charge in [0, 0.05) is 43.7 Å². The Morgan fingerprint density at radius 3 is 2.63 bits per heavy atom. The molecule has 3 nitrogen and oxygen atoms in total. The summed E-state index contributed by atoms with van der Waals surface area (Å²) < 4.78 is 13.4. The number of carbonyl (C=O) groups is 1. The molecule has 1 amide bonds. The van der Waals surface area contributed by atoms with E-state index >= 15 is 0 Å². The fraction of sp³-hybridized carbons (Fsp3) is 0.462. The van der Waals surface area contributed by atoms with E-state index in [0.717, 1.165) is 0 Å². The Kier molecular flexibility index (Phi) is 6.04. The van der Waals surface area contributed by atoms with E-state index < -0.39 is 5.82 Å². The third-order valence-electron chi connectivity index (χ3n) is 2.80. The molecule has 1 atom stereocenters. The van der Waals surface area contributed by atoms with Crippen LogP contribution in [0.3, 0.4) is 0 Å². The molecule has 0 aliphatic heterocycles. The van der Waals surface area contributed by atoms with Crippen LogP contribution in [0, 0.1) is 5.82 Å². The van der Waals surface area contributed by atoms with Crippen LogP contribution in [-0.4, -0.2) is 31.4 Å². The number of halogens is 3. The molecule has 0 bridgehead atoms. The first-order valence-corrected chi connectivity index (χ1v) is 6.67. The van der Waals surface area contributed by atoms with Crippen molar-refractivity contribution in [1.29, 1.82) is 0 Å². The van der Waals surface area contributed by atoms with Gasteiger partial charge in [-0.15, -0.1) is 0 Å². The summed E-state index contributed by atoms with van der Waals surface area (Å²) in [4.78, 5) is 12.9. The van der Waals surface area contributed by atoms with E-state index in [1.54, 1.807) is 14.1 Å². The van der Waals surface area contributed by atoms with Crippen LogP contribution in [0.15, 0.2) is 12.1 Å². The molecule has 0 heterocycles. The molecule has 6 heteroatoms. The molecule has 0 saturated heterocycles. The normalized spacial score (nSPS) is 12.3. The van der Waals surface area contributed by atoms with Gasteiger partial charge in [-0.1, -0.05) is 23.2 Å². The van der Waals surface area contributed by atoms with E-state index in [0.29, 0.717) is 23.6 Å². The maximum Gasteiger partial charge on any atom is 0.223 e. The summed E-state index contributed by atoms with van der Waals surface area (Å²) in [5.74, 6) is -0.477. The molecular weight excluding hydrogens is 290 g/mol. The quantitative estimate of drug-likeness (QED) is 0.847. The molecule has 0 saturated carbocycles. The van der Waals surface area contributed by atoms with Gasteiger partial charge in [0.1, 0.15) is 5.82 Å². The lowest BCUT2D eigenvalue weighted by molar-refractivity contribution is -0.128. The average molecular weight is 307 g/mol. The first kappa shape index (κ1) is 16.2. The number of nitrogens with zero attached hydrogens (tertiary/aromatic N) is 1. The molecule has 0 spiro atoms. The van der Waals surface area contributed by atoms with Crippen LogP contribution < -0.4 is 5.32 Å². The molecule has 1 N–H and O–H groups in total.